The summed E-state index contributed by atoms with van der Waals surface area (Å²) in [5, 5.41) is 5.44. The first-order valence-electron chi connectivity index (χ1n) is 4.94. The van der Waals surface area contributed by atoms with Crippen molar-refractivity contribution in [3.05, 3.63) is 34.9 Å². The Balaban J connectivity index is 2.54. The Kier molecular flexibility index (Phi) is 4.79. The Morgan fingerprint density at radius 1 is 1.25 bits per heavy atom. The monoisotopic (exact) mass is 240 g/mol. The minimum absolute atomic E-state index is 0.0438. The summed E-state index contributed by atoms with van der Waals surface area (Å²) in [6.07, 6.45) is 0. The zero-order valence-corrected chi connectivity index (χ0v) is 9.67. The van der Waals surface area contributed by atoms with Crippen molar-refractivity contribution in [2.75, 3.05) is 13.1 Å². The molecule has 0 aromatic heterocycles. The van der Waals surface area contributed by atoms with E-state index in [4.69, 9.17) is 11.6 Å². The molecule has 0 bridgehead atoms. The number of carbonyl (C=O) groups excluding carboxylic acids is 2. The van der Waals surface area contributed by atoms with E-state index in [-0.39, 0.29) is 18.4 Å². The van der Waals surface area contributed by atoms with Gasteiger partial charge in [-0.25, -0.2) is 0 Å². The molecule has 0 aliphatic rings. The molecule has 0 saturated heterocycles. The van der Waals surface area contributed by atoms with Crippen molar-refractivity contribution in [3.63, 3.8) is 0 Å². The van der Waals surface area contributed by atoms with Crippen LogP contribution in [0.5, 0.6) is 0 Å². The number of hydrogen-bond donors (Lipinski definition) is 2. The van der Waals surface area contributed by atoms with Gasteiger partial charge in [-0.2, -0.15) is 0 Å². The Morgan fingerprint density at radius 2 is 1.94 bits per heavy atom. The van der Waals surface area contributed by atoms with Crippen LogP contribution in [0.4, 0.5) is 0 Å². The van der Waals surface area contributed by atoms with Crippen LogP contribution in [-0.2, 0) is 4.79 Å². The standard InChI is InChI=1S/C11H13ClN2O2/c1-2-13-10(15)7-14-11(16)8-5-3-4-6-9(8)12/h3-6H,2,7H2,1H3,(H,13,15)(H,14,16). The van der Waals surface area contributed by atoms with Crippen LogP contribution < -0.4 is 10.6 Å². The first kappa shape index (κ1) is 12.5. The fourth-order valence-electron chi connectivity index (χ4n) is 1.16. The van der Waals surface area contributed by atoms with Crippen LogP contribution in [0, 0.1) is 0 Å². The van der Waals surface area contributed by atoms with Crippen molar-refractivity contribution in [1.29, 1.82) is 0 Å². The third kappa shape index (κ3) is 3.55. The summed E-state index contributed by atoms with van der Waals surface area (Å²) in [5.74, 6) is -0.570. The molecular formula is C11H13ClN2O2. The van der Waals surface area contributed by atoms with E-state index < -0.39 is 0 Å². The predicted octanol–water partition coefficient (Wildman–Crippen LogP) is 1.21. The molecule has 1 aromatic carbocycles. The topological polar surface area (TPSA) is 58.2 Å². The first-order chi connectivity index (χ1) is 7.65. The molecule has 2 N–H and O–H groups in total. The van der Waals surface area contributed by atoms with E-state index in [0.29, 0.717) is 17.1 Å². The lowest BCUT2D eigenvalue weighted by Gasteiger charge is -2.06. The quantitative estimate of drug-likeness (QED) is 0.831. The van der Waals surface area contributed by atoms with Gasteiger partial charge in [0.05, 0.1) is 17.1 Å². The van der Waals surface area contributed by atoms with Crippen molar-refractivity contribution in [3.8, 4) is 0 Å². The first-order valence-corrected chi connectivity index (χ1v) is 5.32. The van der Waals surface area contributed by atoms with E-state index in [9.17, 15) is 9.59 Å². The Labute approximate surface area is 99.0 Å². The maximum atomic E-state index is 11.6. The van der Waals surface area contributed by atoms with Crippen molar-refractivity contribution < 1.29 is 9.59 Å². The Morgan fingerprint density at radius 3 is 2.56 bits per heavy atom. The molecule has 16 heavy (non-hydrogen) atoms. The number of halogens is 1. The van der Waals surface area contributed by atoms with Crippen LogP contribution in [0.3, 0.4) is 0 Å². The van der Waals surface area contributed by atoms with Crippen molar-refractivity contribution >= 4 is 23.4 Å². The van der Waals surface area contributed by atoms with Crippen LogP contribution in [0.25, 0.3) is 0 Å². The molecular weight excluding hydrogens is 228 g/mol. The highest BCUT2D eigenvalue weighted by Crippen LogP contribution is 2.14. The molecule has 0 saturated carbocycles. The molecule has 0 atom stereocenters. The van der Waals surface area contributed by atoms with Crippen LogP contribution in [0.2, 0.25) is 5.02 Å². The summed E-state index contributed by atoms with van der Waals surface area (Å²) < 4.78 is 0. The molecule has 4 nitrogen and oxygen atoms in total. The van der Waals surface area contributed by atoms with Gasteiger partial charge in [-0.3, -0.25) is 9.59 Å². The zero-order valence-electron chi connectivity index (χ0n) is 8.92. The lowest BCUT2D eigenvalue weighted by atomic mass is 10.2. The fraction of sp³-hybridized carbons (Fsp3) is 0.273. The van der Waals surface area contributed by atoms with E-state index in [1.807, 2.05) is 6.92 Å². The predicted molar refractivity (Wildman–Crippen MR) is 62.5 cm³/mol. The normalized spacial score (nSPS) is 9.62. The number of likely N-dealkylation sites (N-methyl/N-ethyl adjacent to an activating group) is 1. The van der Waals surface area contributed by atoms with Gasteiger partial charge < -0.3 is 10.6 Å². The van der Waals surface area contributed by atoms with Gasteiger partial charge in [-0.15, -0.1) is 0 Å². The highest BCUT2D eigenvalue weighted by Gasteiger charge is 2.10. The molecule has 1 rings (SSSR count). The van der Waals surface area contributed by atoms with Gasteiger partial charge in [0, 0.05) is 6.54 Å². The molecule has 0 spiro atoms. The molecule has 0 heterocycles. The highest BCUT2D eigenvalue weighted by molar-refractivity contribution is 6.33. The number of carbonyl (C=O) groups is 2. The van der Waals surface area contributed by atoms with Crippen molar-refractivity contribution in [1.82, 2.24) is 10.6 Å². The largest absolute Gasteiger partial charge is 0.355 e. The number of benzene rings is 1. The van der Waals surface area contributed by atoms with Crippen LogP contribution in [0.15, 0.2) is 24.3 Å². The molecule has 0 aliphatic heterocycles. The second-order valence-electron chi connectivity index (χ2n) is 3.12. The highest BCUT2D eigenvalue weighted by atomic mass is 35.5. The molecule has 0 radical (unpaired) electrons. The van der Waals surface area contributed by atoms with Crippen molar-refractivity contribution in [2.24, 2.45) is 0 Å². The van der Waals surface area contributed by atoms with E-state index in [0.717, 1.165) is 0 Å². The summed E-state index contributed by atoms with van der Waals surface area (Å²) in [5.41, 5.74) is 0.369. The summed E-state index contributed by atoms with van der Waals surface area (Å²) in [6.45, 7) is 2.31. The third-order valence-electron chi connectivity index (χ3n) is 1.90. The molecule has 86 valence electrons. The van der Waals surface area contributed by atoms with Gasteiger partial charge in [0.15, 0.2) is 0 Å². The van der Waals surface area contributed by atoms with Gasteiger partial charge >= 0.3 is 0 Å². The number of amides is 2. The minimum atomic E-state index is -0.350. The molecule has 2 amide bonds. The molecule has 1 aromatic rings. The number of rotatable bonds is 4. The smallest absolute Gasteiger partial charge is 0.253 e. The molecule has 0 aliphatic carbocycles. The number of hydrogen-bond acceptors (Lipinski definition) is 2. The summed E-state index contributed by atoms with van der Waals surface area (Å²) >= 11 is 5.83. The Hall–Kier alpha value is -1.55. The molecule has 5 heteroatoms. The second-order valence-corrected chi connectivity index (χ2v) is 3.52. The van der Waals surface area contributed by atoms with Gasteiger partial charge in [0.1, 0.15) is 0 Å². The molecule has 0 unspecified atom stereocenters. The average molecular weight is 241 g/mol. The average Bonchev–Trinajstić information content (AvgIpc) is 2.27. The second kappa shape index (κ2) is 6.12. The van der Waals surface area contributed by atoms with Gasteiger partial charge in [-0.1, -0.05) is 23.7 Å². The van der Waals surface area contributed by atoms with E-state index in [1.165, 1.54) is 0 Å². The third-order valence-corrected chi connectivity index (χ3v) is 2.23. The Bertz CT molecular complexity index is 393. The van der Waals surface area contributed by atoms with Gasteiger partial charge in [-0.05, 0) is 19.1 Å². The minimum Gasteiger partial charge on any atom is -0.355 e. The zero-order chi connectivity index (χ0) is 12.0. The summed E-state index contributed by atoms with van der Waals surface area (Å²) in [7, 11) is 0. The van der Waals surface area contributed by atoms with Gasteiger partial charge in [0.25, 0.3) is 5.91 Å². The van der Waals surface area contributed by atoms with Crippen LogP contribution in [0.1, 0.15) is 17.3 Å². The lowest BCUT2D eigenvalue weighted by molar-refractivity contribution is -0.120. The van der Waals surface area contributed by atoms with E-state index in [1.54, 1.807) is 24.3 Å². The molecule has 0 fully saturated rings. The van der Waals surface area contributed by atoms with Gasteiger partial charge in [0.2, 0.25) is 5.91 Å². The van der Waals surface area contributed by atoms with Crippen molar-refractivity contribution in [2.45, 2.75) is 6.92 Å². The van der Waals surface area contributed by atoms with Crippen LogP contribution >= 0.6 is 11.6 Å². The summed E-state index contributed by atoms with van der Waals surface area (Å²) in [4.78, 5) is 22.7. The van der Waals surface area contributed by atoms with Crippen LogP contribution in [-0.4, -0.2) is 24.9 Å². The summed E-state index contributed by atoms with van der Waals surface area (Å²) in [6, 6.07) is 6.69. The SMILES string of the molecule is CCNC(=O)CNC(=O)c1ccccc1Cl. The van der Waals surface area contributed by atoms with E-state index >= 15 is 0 Å². The fourth-order valence-corrected chi connectivity index (χ4v) is 1.38. The maximum absolute atomic E-state index is 11.6. The lowest BCUT2D eigenvalue weighted by Crippen LogP contribution is -2.36. The maximum Gasteiger partial charge on any atom is 0.253 e. The van der Waals surface area contributed by atoms with E-state index in [2.05, 4.69) is 10.6 Å². The number of nitrogens with one attached hydrogen (secondary N) is 2.